The zero-order valence-electron chi connectivity index (χ0n) is 14.7. The minimum atomic E-state index is -0.316. The van der Waals surface area contributed by atoms with Crippen LogP contribution in [0.5, 0.6) is 0 Å². The van der Waals surface area contributed by atoms with Crippen molar-refractivity contribution in [3.8, 4) is 0 Å². The lowest BCUT2D eigenvalue weighted by atomic mass is 9.71. The second kappa shape index (κ2) is 9.29. The molecule has 2 fully saturated rings. The Morgan fingerprint density at radius 3 is 2.26 bits per heavy atom. The van der Waals surface area contributed by atoms with Crippen molar-refractivity contribution in [2.24, 2.45) is 23.7 Å². The average molecular weight is 324 g/mol. The first-order valence-electron chi connectivity index (χ1n) is 9.49. The van der Waals surface area contributed by atoms with Gasteiger partial charge in [0, 0.05) is 0 Å². The van der Waals surface area contributed by atoms with Gasteiger partial charge >= 0.3 is 11.9 Å². The molecular formula is C19H32O4. The molecule has 4 heteroatoms. The first-order valence-corrected chi connectivity index (χ1v) is 9.49. The first kappa shape index (κ1) is 18.3. The van der Waals surface area contributed by atoms with E-state index in [1.165, 1.54) is 44.9 Å². The zero-order chi connectivity index (χ0) is 16.7. The third-order valence-corrected chi connectivity index (χ3v) is 5.68. The first-order chi connectivity index (χ1) is 11.2. The normalized spacial score (nSPS) is 26.7. The summed E-state index contributed by atoms with van der Waals surface area (Å²) >= 11 is 0. The lowest BCUT2D eigenvalue weighted by molar-refractivity contribution is -0.157. The molecular weight excluding hydrogens is 292 g/mol. The Hall–Kier alpha value is -1.06. The lowest BCUT2D eigenvalue weighted by Crippen LogP contribution is -2.34. The Morgan fingerprint density at radius 2 is 1.61 bits per heavy atom. The molecule has 2 rings (SSSR count). The Labute approximate surface area is 140 Å². The van der Waals surface area contributed by atoms with E-state index in [-0.39, 0.29) is 24.3 Å². The van der Waals surface area contributed by atoms with E-state index in [0.29, 0.717) is 25.0 Å². The topological polar surface area (TPSA) is 52.6 Å². The Morgan fingerprint density at radius 1 is 0.913 bits per heavy atom. The van der Waals surface area contributed by atoms with Crippen molar-refractivity contribution in [1.82, 2.24) is 0 Å². The molecule has 0 N–H and O–H groups in total. The summed E-state index contributed by atoms with van der Waals surface area (Å²) in [4.78, 5) is 24.4. The molecule has 3 atom stereocenters. The summed E-state index contributed by atoms with van der Waals surface area (Å²) in [5.74, 6) is 0.826. The summed E-state index contributed by atoms with van der Waals surface area (Å²) < 4.78 is 10.4. The van der Waals surface area contributed by atoms with Crippen LogP contribution in [-0.2, 0) is 19.1 Å². The third-order valence-electron chi connectivity index (χ3n) is 5.68. The monoisotopic (exact) mass is 324 g/mol. The SMILES string of the molecule is CCOC(=O)CC(C(=O)OCC)C1CCCC1C1CCCCC1. The van der Waals surface area contributed by atoms with E-state index >= 15 is 0 Å². The summed E-state index contributed by atoms with van der Waals surface area (Å²) in [6, 6.07) is 0. The molecule has 0 heterocycles. The van der Waals surface area contributed by atoms with E-state index in [4.69, 9.17) is 9.47 Å². The number of hydrogen-bond acceptors (Lipinski definition) is 4. The molecule has 132 valence electrons. The molecule has 2 aliphatic carbocycles. The van der Waals surface area contributed by atoms with Crippen LogP contribution in [0.1, 0.15) is 71.6 Å². The van der Waals surface area contributed by atoms with Gasteiger partial charge in [-0.15, -0.1) is 0 Å². The van der Waals surface area contributed by atoms with Gasteiger partial charge in [0.05, 0.1) is 25.6 Å². The van der Waals surface area contributed by atoms with Crippen LogP contribution in [0.2, 0.25) is 0 Å². The molecule has 0 saturated heterocycles. The Balaban J connectivity index is 2.08. The van der Waals surface area contributed by atoms with Gasteiger partial charge in [0.2, 0.25) is 0 Å². The minimum Gasteiger partial charge on any atom is -0.466 e. The summed E-state index contributed by atoms with van der Waals surface area (Å²) in [5, 5.41) is 0. The largest absolute Gasteiger partial charge is 0.466 e. The number of rotatable bonds is 7. The Kier molecular flexibility index (Phi) is 7.38. The maximum absolute atomic E-state index is 12.5. The maximum Gasteiger partial charge on any atom is 0.309 e. The molecule has 4 nitrogen and oxygen atoms in total. The van der Waals surface area contributed by atoms with Gasteiger partial charge in [0.15, 0.2) is 0 Å². The van der Waals surface area contributed by atoms with E-state index in [2.05, 4.69) is 0 Å². The molecule has 0 aromatic carbocycles. The molecule has 0 amide bonds. The van der Waals surface area contributed by atoms with Crippen LogP contribution in [0.25, 0.3) is 0 Å². The fraction of sp³-hybridized carbons (Fsp3) is 0.895. The third kappa shape index (κ3) is 4.95. The molecule has 0 bridgehead atoms. The van der Waals surface area contributed by atoms with Crippen LogP contribution in [0.4, 0.5) is 0 Å². The average Bonchev–Trinajstić information content (AvgIpc) is 3.03. The van der Waals surface area contributed by atoms with E-state index in [9.17, 15) is 9.59 Å². The summed E-state index contributed by atoms with van der Waals surface area (Å²) in [7, 11) is 0. The van der Waals surface area contributed by atoms with Crippen LogP contribution in [0, 0.1) is 23.7 Å². The number of carbonyl (C=O) groups is 2. The molecule has 2 aliphatic rings. The van der Waals surface area contributed by atoms with Gasteiger partial charge in [-0.2, -0.15) is 0 Å². The predicted octanol–water partition coefficient (Wildman–Crippen LogP) is 4.12. The quantitative estimate of drug-likeness (QED) is 0.661. The molecule has 2 saturated carbocycles. The molecule has 0 spiro atoms. The van der Waals surface area contributed by atoms with Crippen LogP contribution in [-0.4, -0.2) is 25.2 Å². The fourth-order valence-electron chi connectivity index (χ4n) is 4.72. The van der Waals surface area contributed by atoms with Gasteiger partial charge in [-0.1, -0.05) is 38.5 Å². The number of ether oxygens (including phenoxy) is 2. The highest BCUT2D eigenvalue weighted by atomic mass is 16.5. The van der Waals surface area contributed by atoms with Crippen LogP contribution >= 0.6 is 0 Å². The van der Waals surface area contributed by atoms with Crippen molar-refractivity contribution >= 4 is 11.9 Å². The van der Waals surface area contributed by atoms with E-state index in [1.54, 1.807) is 6.92 Å². The Bertz CT molecular complexity index is 387. The highest BCUT2D eigenvalue weighted by Gasteiger charge is 2.42. The molecule has 0 aromatic heterocycles. The molecule has 0 radical (unpaired) electrons. The summed E-state index contributed by atoms with van der Waals surface area (Å²) in [5.41, 5.74) is 0. The van der Waals surface area contributed by atoms with Crippen molar-refractivity contribution in [3.63, 3.8) is 0 Å². The van der Waals surface area contributed by atoms with Gasteiger partial charge in [-0.25, -0.2) is 0 Å². The van der Waals surface area contributed by atoms with E-state index in [1.807, 2.05) is 6.92 Å². The molecule has 3 unspecified atom stereocenters. The van der Waals surface area contributed by atoms with Crippen molar-refractivity contribution in [1.29, 1.82) is 0 Å². The van der Waals surface area contributed by atoms with Gasteiger partial charge in [-0.05, 0) is 44.4 Å². The highest BCUT2D eigenvalue weighted by Crippen LogP contribution is 2.47. The van der Waals surface area contributed by atoms with E-state index in [0.717, 1.165) is 12.3 Å². The smallest absolute Gasteiger partial charge is 0.309 e. The second-order valence-electron chi connectivity index (χ2n) is 7.02. The number of esters is 2. The van der Waals surface area contributed by atoms with Crippen molar-refractivity contribution in [2.75, 3.05) is 13.2 Å². The van der Waals surface area contributed by atoms with E-state index < -0.39 is 0 Å². The molecule has 0 aliphatic heterocycles. The van der Waals surface area contributed by atoms with Crippen molar-refractivity contribution in [2.45, 2.75) is 71.6 Å². The molecule has 0 aromatic rings. The highest BCUT2D eigenvalue weighted by molar-refractivity contribution is 5.80. The zero-order valence-corrected chi connectivity index (χ0v) is 14.7. The van der Waals surface area contributed by atoms with Gasteiger partial charge in [0.1, 0.15) is 0 Å². The summed E-state index contributed by atoms with van der Waals surface area (Å²) in [6.07, 6.45) is 10.2. The van der Waals surface area contributed by atoms with Crippen LogP contribution < -0.4 is 0 Å². The van der Waals surface area contributed by atoms with Crippen molar-refractivity contribution < 1.29 is 19.1 Å². The number of hydrogen-bond donors (Lipinski definition) is 0. The summed E-state index contributed by atoms with van der Waals surface area (Å²) in [6.45, 7) is 4.37. The van der Waals surface area contributed by atoms with Crippen LogP contribution in [0.15, 0.2) is 0 Å². The second-order valence-corrected chi connectivity index (χ2v) is 7.02. The van der Waals surface area contributed by atoms with Gasteiger partial charge in [0.25, 0.3) is 0 Å². The van der Waals surface area contributed by atoms with Gasteiger partial charge < -0.3 is 9.47 Å². The van der Waals surface area contributed by atoms with Crippen molar-refractivity contribution in [3.05, 3.63) is 0 Å². The number of carbonyl (C=O) groups excluding carboxylic acids is 2. The van der Waals surface area contributed by atoms with Gasteiger partial charge in [-0.3, -0.25) is 9.59 Å². The lowest BCUT2D eigenvalue weighted by Gasteiger charge is -2.34. The minimum absolute atomic E-state index is 0.181. The predicted molar refractivity (Wildman–Crippen MR) is 88.8 cm³/mol. The fourth-order valence-corrected chi connectivity index (χ4v) is 4.72. The molecule has 23 heavy (non-hydrogen) atoms. The standard InChI is InChI=1S/C19H32O4/c1-3-22-18(20)13-17(19(21)23-4-2)16-12-8-11-15(16)14-9-6-5-7-10-14/h14-17H,3-13H2,1-2H3. The van der Waals surface area contributed by atoms with Crippen LogP contribution in [0.3, 0.4) is 0 Å². The maximum atomic E-state index is 12.5.